The molecule has 0 aromatic rings. The molecule has 1 amide bonds. The summed E-state index contributed by atoms with van der Waals surface area (Å²) < 4.78 is 0. The average molecular weight is 375 g/mol. The van der Waals surface area contributed by atoms with Gasteiger partial charge in [-0.3, -0.25) is 4.79 Å². The van der Waals surface area contributed by atoms with Gasteiger partial charge in [0.2, 0.25) is 5.91 Å². The van der Waals surface area contributed by atoms with Gasteiger partial charge >= 0.3 is 19.5 Å². The predicted octanol–water partition coefficient (Wildman–Crippen LogP) is 2.62. The van der Waals surface area contributed by atoms with E-state index in [1.54, 1.807) is 11.9 Å². The van der Waals surface area contributed by atoms with Crippen molar-refractivity contribution in [1.82, 2.24) is 4.90 Å². The van der Waals surface area contributed by atoms with Gasteiger partial charge in [-0.2, -0.15) is 0 Å². The van der Waals surface area contributed by atoms with Gasteiger partial charge in [0.25, 0.3) is 0 Å². The SMILES string of the molecule is C=C1C(=O)N(C)CC12[CH][CH][CH][CH][C]2Cl.[CH]1[CH][CH][CH][CH]1.[Ru+2]. The Morgan fingerprint density at radius 1 is 1.15 bits per heavy atom. The molecule has 2 nitrogen and oxygen atoms in total. The summed E-state index contributed by atoms with van der Waals surface area (Å²) in [4.78, 5) is 13.3. The van der Waals surface area contributed by atoms with Gasteiger partial charge < -0.3 is 4.90 Å². The van der Waals surface area contributed by atoms with E-state index < -0.39 is 5.41 Å². The number of likely N-dealkylation sites (tertiary alicyclic amines) is 1. The van der Waals surface area contributed by atoms with E-state index in [9.17, 15) is 4.79 Å². The molecule has 1 heterocycles. The van der Waals surface area contributed by atoms with Crippen LogP contribution >= 0.6 is 11.6 Å². The molecule has 1 aliphatic heterocycles. The number of halogens is 1. The third-order valence-corrected chi connectivity index (χ3v) is 3.81. The van der Waals surface area contributed by atoms with Crippen LogP contribution in [0.5, 0.6) is 0 Å². The van der Waals surface area contributed by atoms with Gasteiger partial charge in [0.05, 0.1) is 5.38 Å². The maximum absolute atomic E-state index is 11.6. The summed E-state index contributed by atoms with van der Waals surface area (Å²) >= 11 is 6.14. The van der Waals surface area contributed by atoms with Crippen molar-refractivity contribution in [2.45, 2.75) is 0 Å². The minimum absolute atomic E-state index is 0. The van der Waals surface area contributed by atoms with Crippen molar-refractivity contribution < 1.29 is 24.3 Å². The van der Waals surface area contributed by atoms with E-state index in [1.807, 2.05) is 57.8 Å². The standard InChI is InChI=1S/C11H11ClNO.C5H5.Ru/c1-8-10(14)13(2)7-11(8)6-4-3-5-9(11)12;1-2-4-5-3-1;/h3-6H,1,7H2,2H3;1-5H;/q;;+2. The van der Waals surface area contributed by atoms with Gasteiger partial charge in [-0.15, -0.1) is 11.6 Å². The quantitative estimate of drug-likeness (QED) is 0.471. The van der Waals surface area contributed by atoms with Crippen molar-refractivity contribution in [2.24, 2.45) is 5.41 Å². The third-order valence-electron chi connectivity index (χ3n) is 3.35. The number of hydrogen-bond acceptors (Lipinski definition) is 1. The van der Waals surface area contributed by atoms with Crippen LogP contribution in [0, 0.1) is 68.6 Å². The molecule has 3 fully saturated rings. The van der Waals surface area contributed by atoms with Crippen LogP contribution in [0.2, 0.25) is 0 Å². The Bertz CT molecular complexity index is 349. The van der Waals surface area contributed by atoms with Crippen LogP contribution in [0.1, 0.15) is 0 Å². The van der Waals surface area contributed by atoms with Crippen molar-refractivity contribution in [3.63, 3.8) is 0 Å². The maximum Gasteiger partial charge on any atom is 2.00 e. The second-order valence-corrected chi connectivity index (χ2v) is 5.05. The topological polar surface area (TPSA) is 20.3 Å². The number of amides is 1. The Balaban J connectivity index is 0.000000283. The van der Waals surface area contributed by atoms with E-state index in [-0.39, 0.29) is 25.4 Å². The van der Waals surface area contributed by atoms with Gasteiger partial charge in [0.1, 0.15) is 0 Å². The Morgan fingerprint density at radius 2 is 1.70 bits per heavy atom. The zero-order chi connectivity index (χ0) is 13.9. The summed E-state index contributed by atoms with van der Waals surface area (Å²) in [5.74, 6) is -0.0249. The summed E-state index contributed by atoms with van der Waals surface area (Å²) in [5.41, 5.74) is 0.0906. The van der Waals surface area contributed by atoms with Crippen LogP contribution in [0.25, 0.3) is 0 Å². The fourth-order valence-electron chi connectivity index (χ4n) is 2.24. The maximum atomic E-state index is 11.6. The molecule has 104 valence electrons. The van der Waals surface area contributed by atoms with Crippen LogP contribution in [-0.4, -0.2) is 24.4 Å². The summed E-state index contributed by atoms with van der Waals surface area (Å²) in [5, 5.41) is 0.669. The van der Waals surface area contributed by atoms with Crippen LogP contribution in [0.3, 0.4) is 0 Å². The van der Waals surface area contributed by atoms with E-state index in [2.05, 4.69) is 6.58 Å². The predicted molar refractivity (Wildman–Crippen MR) is 77.0 cm³/mol. The summed E-state index contributed by atoms with van der Waals surface area (Å²) in [6, 6.07) is 0. The van der Waals surface area contributed by atoms with Crippen LogP contribution in [0.4, 0.5) is 0 Å². The van der Waals surface area contributed by atoms with E-state index in [1.165, 1.54) is 0 Å². The van der Waals surface area contributed by atoms with Crippen molar-refractivity contribution in [2.75, 3.05) is 13.6 Å². The molecule has 0 bridgehead atoms. The molecule has 3 aliphatic rings. The third kappa shape index (κ3) is 3.66. The first-order valence-electron chi connectivity index (χ1n) is 6.08. The Labute approximate surface area is 141 Å². The fourth-order valence-corrected chi connectivity index (χ4v) is 2.55. The fraction of sp³-hybridized carbons (Fsp3) is 0.188. The molecule has 0 N–H and O–H groups in total. The number of rotatable bonds is 0. The molecule has 1 unspecified atom stereocenters. The molecule has 3 rings (SSSR count). The minimum Gasteiger partial charge on any atom is -0.341 e. The molecule has 1 saturated heterocycles. The van der Waals surface area contributed by atoms with Crippen LogP contribution in [0.15, 0.2) is 12.2 Å². The molecule has 4 heteroatoms. The average Bonchev–Trinajstić information content (AvgIpc) is 3.03. The number of nitrogens with zero attached hydrogens (tertiary/aromatic N) is 1. The molecular weight excluding hydrogens is 359 g/mol. The van der Waals surface area contributed by atoms with Crippen molar-refractivity contribution in [1.29, 1.82) is 0 Å². The number of likely N-dealkylation sites (N-methyl/N-ethyl adjacent to an activating group) is 1. The van der Waals surface area contributed by atoms with E-state index >= 15 is 0 Å². The molecular formula is C16H16ClNORu+2. The Hall–Kier alpha value is 0.123. The van der Waals surface area contributed by atoms with Crippen molar-refractivity contribution >= 4 is 17.5 Å². The van der Waals surface area contributed by atoms with Gasteiger partial charge in [-0.05, 0) is 57.8 Å². The van der Waals surface area contributed by atoms with Gasteiger partial charge in [0.15, 0.2) is 0 Å². The molecule has 1 spiro atoms. The van der Waals surface area contributed by atoms with Crippen LogP contribution in [-0.2, 0) is 24.3 Å². The zero-order valence-electron chi connectivity index (χ0n) is 11.2. The summed E-state index contributed by atoms with van der Waals surface area (Å²) in [7, 11) is 1.76. The van der Waals surface area contributed by atoms with Gasteiger partial charge in [0, 0.05) is 24.6 Å². The first-order valence-corrected chi connectivity index (χ1v) is 6.46. The second kappa shape index (κ2) is 7.94. The molecule has 2 aliphatic carbocycles. The normalized spacial score (nSPS) is 30.2. The van der Waals surface area contributed by atoms with Crippen LogP contribution < -0.4 is 0 Å². The second-order valence-electron chi connectivity index (χ2n) is 4.64. The van der Waals surface area contributed by atoms with Gasteiger partial charge in [-0.25, -0.2) is 0 Å². The van der Waals surface area contributed by atoms with E-state index in [0.717, 1.165) is 0 Å². The number of carbonyl (C=O) groups is 1. The molecule has 0 aromatic carbocycles. The number of carbonyl (C=O) groups excluding carboxylic acids is 1. The van der Waals surface area contributed by atoms with Gasteiger partial charge in [-0.1, -0.05) is 6.58 Å². The molecule has 0 aromatic heterocycles. The van der Waals surface area contributed by atoms with Crippen molar-refractivity contribution in [3.8, 4) is 0 Å². The first kappa shape index (κ1) is 18.2. The minimum atomic E-state index is -0.470. The van der Waals surface area contributed by atoms with Crippen molar-refractivity contribution in [3.05, 3.63) is 75.3 Å². The number of hydrogen-bond donors (Lipinski definition) is 0. The monoisotopic (exact) mass is 375 g/mol. The largest absolute Gasteiger partial charge is 2.00 e. The Kier molecular flexibility index (Phi) is 7.22. The summed E-state index contributed by atoms with van der Waals surface area (Å²) in [6.07, 6.45) is 17.5. The van der Waals surface area contributed by atoms with E-state index in [4.69, 9.17) is 11.6 Å². The molecule has 1 atom stereocenters. The Morgan fingerprint density at radius 3 is 2.10 bits per heavy atom. The van der Waals surface area contributed by atoms with E-state index in [0.29, 0.717) is 17.5 Å². The molecule has 10 radical (unpaired) electrons. The molecule has 20 heavy (non-hydrogen) atoms. The summed E-state index contributed by atoms with van der Waals surface area (Å²) in [6.45, 7) is 4.42. The zero-order valence-corrected chi connectivity index (χ0v) is 13.7. The smallest absolute Gasteiger partial charge is 0.341 e. The first-order chi connectivity index (χ1) is 9.08. The molecule has 2 saturated carbocycles.